The standard InChI is InChI=1S/C9H15F3N2.C2H6/c1-7-8(13-7)2-4-14(5-3-8)6-9(10,11)12;1-2/h7,13H,2-6H2,1H3;1-2H3. The number of hydrogen-bond acceptors (Lipinski definition) is 2. The molecular formula is C11H21F3N2. The van der Waals surface area contributed by atoms with Crippen molar-refractivity contribution in [3.8, 4) is 0 Å². The summed E-state index contributed by atoms with van der Waals surface area (Å²) in [6, 6.07) is 0.496. The van der Waals surface area contributed by atoms with Crippen LogP contribution in [0.4, 0.5) is 13.2 Å². The lowest BCUT2D eigenvalue weighted by Gasteiger charge is -2.32. The molecule has 2 fully saturated rings. The lowest BCUT2D eigenvalue weighted by Crippen LogP contribution is -2.43. The zero-order valence-corrected chi connectivity index (χ0v) is 10.2. The fraction of sp³-hybridized carbons (Fsp3) is 1.00. The van der Waals surface area contributed by atoms with Crippen LogP contribution in [0.15, 0.2) is 0 Å². The summed E-state index contributed by atoms with van der Waals surface area (Å²) in [5.41, 5.74) is 0.183. The van der Waals surface area contributed by atoms with E-state index in [0.717, 1.165) is 12.8 Å². The monoisotopic (exact) mass is 238 g/mol. The largest absolute Gasteiger partial charge is 0.401 e. The topological polar surface area (TPSA) is 25.2 Å². The number of rotatable bonds is 1. The third kappa shape index (κ3) is 3.35. The molecule has 0 aromatic rings. The smallest absolute Gasteiger partial charge is 0.305 e. The molecule has 1 spiro atoms. The maximum atomic E-state index is 12.1. The summed E-state index contributed by atoms with van der Waals surface area (Å²) in [6.45, 7) is 6.48. The maximum Gasteiger partial charge on any atom is 0.401 e. The molecule has 0 aromatic carbocycles. The van der Waals surface area contributed by atoms with Crippen molar-refractivity contribution < 1.29 is 13.2 Å². The maximum absolute atomic E-state index is 12.1. The summed E-state index contributed by atoms with van der Waals surface area (Å²) in [7, 11) is 0. The number of nitrogens with zero attached hydrogens (tertiary/aromatic N) is 1. The lowest BCUT2D eigenvalue weighted by molar-refractivity contribution is -0.148. The SMILES string of the molecule is CC.CC1NC12CCN(CC(F)(F)F)CC2. The van der Waals surface area contributed by atoms with Crippen LogP contribution in [0.25, 0.3) is 0 Å². The van der Waals surface area contributed by atoms with Crippen LogP contribution in [0.1, 0.15) is 33.6 Å². The third-order valence-electron chi connectivity index (χ3n) is 3.40. The second-order valence-corrected chi connectivity index (χ2v) is 4.41. The van der Waals surface area contributed by atoms with E-state index in [1.54, 1.807) is 0 Å². The van der Waals surface area contributed by atoms with E-state index in [-0.39, 0.29) is 5.54 Å². The van der Waals surface area contributed by atoms with Crippen molar-refractivity contribution in [3.05, 3.63) is 0 Å². The van der Waals surface area contributed by atoms with Gasteiger partial charge in [-0.2, -0.15) is 13.2 Å². The van der Waals surface area contributed by atoms with Crippen molar-refractivity contribution in [1.29, 1.82) is 0 Å². The number of halogens is 3. The summed E-state index contributed by atoms with van der Waals surface area (Å²) in [5.74, 6) is 0. The van der Waals surface area contributed by atoms with E-state index in [1.165, 1.54) is 4.90 Å². The minimum atomic E-state index is -4.05. The van der Waals surface area contributed by atoms with Crippen LogP contribution in [0.2, 0.25) is 0 Å². The van der Waals surface area contributed by atoms with E-state index >= 15 is 0 Å². The summed E-state index contributed by atoms with van der Waals surface area (Å²) in [6.07, 6.45) is -2.35. The molecule has 0 bridgehead atoms. The van der Waals surface area contributed by atoms with Crippen molar-refractivity contribution >= 4 is 0 Å². The van der Waals surface area contributed by atoms with Crippen LogP contribution in [-0.4, -0.2) is 42.3 Å². The van der Waals surface area contributed by atoms with Gasteiger partial charge in [-0.25, -0.2) is 0 Å². The molecule has 96 valence electrons. The molecule has 2 nitrogen and oxygen atoms in total. The lowest BCUT2D eigenvalue weighted by atomic mass is 9.93. The molecule has 2 saturated heterocycles. The second-order valence-electron chi connectivity index (χ2n) is 4.41. The predicted octanol–water partition coefficient (Wildman–Crippen LogP) is 2.40. The molecular weight excluding hydrogens is 217 g/mol. The molecule has 0 amide bonds. The molecule has 2 rings (SSSR count). The molecule has 0 aromatic heterocycles. The highest BCUT2D eigenvalue weighted by atomic mass is 19.4. The summed E-state index contributed by atoms with van der Waals surface area (Å²) < 4.78 is 36.2. The van der Waals surface area contributed by atoms with Gasteiger partial charge in [-0.1, -0.05) is 13.8 Å². The van der Waals surface area contributed by atoms with Gasteiger partial charge in [0.15, 0.2) is 0 Å². The van der Waals surface area contributed by atoms with Crippen molar-refractivity contribution in [1.82, 2.24) is 10.2 Å². The first-order chi connectivity index (χ1) is 7.41. The molecule has 1 unspecified atom stereocenters. The molecule has 2 heterocycles. The molecule has 1 atom stereocenters. The Morgan fingerprint density at radius 3 is 2.00 bits per heavy atom. The van der Waals surface area contributed by atoms with E-state index in [0.29, 0.717) is 19.1 Å². The minimum Gasteiger partial charge on any atom is -0.305 e. The first-order valence-electron chi connectivity index (χ1n) is 5.98. The Morgan fingerprint density at radius 1 is 1.25 bits per heavy atom. The second kappa shape index (κ2) is 4.92. The first kappa shape index (κ1) is 13.8. The quantitative estimate of drug-likeness (QED) is 0.710. The van der Waals surface area contributed by atoms with Gasteiger partial charge in [-0.15, -0.1) is 0 Å². The molecule has 0 saturated carbocycles. The Morgan fingerprint density at radius 2 is 1.69 bits per heavy atom. The van der Waals surface area contributed by atoms with Gasteiger partial charge in [0.25, 0.3) is 0 Å². The van der Waals surface area contributed by atoms with Gasteiger partial charge in [0.05, 0.1) is 6.54 Å². The van der Waals surface area contributed by atoms with Crippen LogP contribution in [0.3, 0.4) is 0 Å². The van der Waals surface area contributed by atoms with Crippen LogP contribution >= 0.6 is 0 Å². The average Bonchev–Trinajstić information content (AvgIpc) is 2.82. The van der Waals surface area contributed by atoms with Crippen molar-refractivity contribution in [3.63, 3.8) is 0 Å². The first-order valence-corrected chi connectivity index (χ1v) is 5.98. The highest BCUT2D eigenvalue weighted by Gasteiger charge is 2.51. The number of likely N-dealkylation sites (tertiary alicyclic amines) is 1. The Kier molecular flexibility index (Phi) is 4.23. The number of nitrogens with one attached hydrogen (secondary N) is 1. The summed E-state index contributed by atoms with van der Waals surface area (Å²) in [4.78, 5) is 1.50. The van der Waals surface area contributed by atoms with Crippen LogP contribution in [-0.2, 0) is 0 Å². The van der Waals surface area contributed by atoms with E-state index in [1.807, 2.05) is 13.8 Å². The van der Waals surface area contributed by atoms with E-state index in [2.05, 4.69) is 12.2 Å². The zero-order chi connectivity index (χ0) is 12.4. The zero-order valence-electron chi connectivity index (χ0n) is 10.2. The van der Waals surface area contributed by atoms with Crippen LogP contribution in [0, 0.1) is 0 Å². The summed E-state index contributed by atoms with van der Waals surface area (Å²) >= 11 is 0. The highest BCUT2D eigenvalue weighted by molar-refractivity contribution is 5.13. The molecule has 0 aliphatic carbocycles. The Balaban J connectivity index is 0.000000606. The minimum absolute atomic E-state index is 0.183. The van der Waals surface area contributed by atoms with E-state index in [4.69, 9.17) is 0 Å². The van der Waals surface area contributed by atoms with E-state index < -0.39 is 12.7 Å². The number of piperidine rings is 1. The van der Waals surface area contributed by atoms with Crippen molar-refractivity contribution in [2.45, 2.75) is 51.4 Å². The van der Waals surface area contributed by atoms with Crippen molar-refractivity contribution in [2.24, 2.45) is 0 Å². The van der Waals surface area contributed by atoms with Crippen LogP contribution < -0.4 is 5.32 Å². The van der Waals surface area contributed by atoms with Crippen molar-refractivity contribution in [2.75, 3.05) is 19.6 Å². The third-order valence-corrected chi connectivity index (χ3v) is 3.40. The normalized spacial score (nSPS) is 28.5. The highest BCUT2D eigenvalue weighted by Crippen LogP contribution is 2.37. The van der Waals surface area contributed by atoms with Gasteiger partial charge in [-0.3, -0.25) is 4.90 Å². The molecule has 1 N–H and O–H groups in total. The molecule has 2 aliphatic rings. The van der Waals surface area contributed by atoms with Gasteiger partial charge in [-0.05, 0) is 19.8 Å². The predicted molar refractivity (Wildman–Crippen MR) is 58.4 cm³/mol. The Bertz CT molecular complexity index is 220. The van der Waals surface area contributed by atoms with Gasteiger partial charge in [0.1, 0.15) is 0 Å². The van der Waals surface area contributed by atoms with Gasteiger partial charge >= 0.3 is 6.18 Å². The molecule has 16 heavy (non-hydrogen) atoms. The molecule has 0 radical (unpaired) electrons. The van der Waals surface area contributed by atoms with Gasteiger partial charge < -0.3 is 5.32 Å². The number of alkyl halides is 3. The summed E-state index contributed by atoms with van der Waals surface area (Å²) in [5, 5.41) is 3.32. The molecule has 2 aliphatic heterocycles. The molecule has 5 heteroatoms. The Labute approximate surface area is 95.2 Å². The van der Waals surface area contributed by atoms with Gasteiger partial charge in [0.2, 0.25) is 0 Å². The van der Waals surface area contributed by atoms with Gasteiger partial charge in [0, 0.05) is 24.7 Å². The fourth-order valence-corrected chi connectivity index (χ4v) is 2.33. The number of hydrogen-bond donors (Lipinski definition) is 1. The Hall–Kier alpha value is -0.290. The van der Waals surface area contributed by atoms with Crippen LogP contribution in [0.5, 0.6) is 0 Å². The average molecular weight is 238 g/mol. The fourth-order valence-electron chi connectivity index (χ4n) is 2.33. The van der Waals surface area contributed by atoms with E-state index in [9.17, 15) is 13.2 Å².